The first-order valence-electron chi connectivity index (χ1n) is 4.85. The van der Waals surface area contributed by atoms with Crippen molar-refractivity contribution in [2.75, 3.05) is 5.32 Å². The van der Waals surface area contributed by atoms with Crippen LogP contribution in [0.25, 0.3) is 0 Å². The summed E-state index contributed by atoms with van der Waals surface area (Å²) in [4.78, 5) is 11.2. The van der Waals surface area contributed by atoms with E-state index in [-0.39, 0.29) is 11.3 Å². The molecule has 1 heterocycles. The first-order chi connectivity index (χ1) is 7.38. The number of amides is 1. The van der Waals surface area contributed by atoms with Gasteiger partial charge < -0.3 is 5.32 Å². The number of anilines is 1. The summed E-state index contributed by atoms with van der Waals surface area (Å²) in [5, 5.41) is 2.45. The number of alkyl halides is 3. The van der Waals surface area contributed by atoms with Gasteiger partial charge in [-0.25, -0.2) is 0 Å². The van der Waals surface area contributed by atoms with Gasteiger partial charge in [0.05, 0.1) is 5.92 Å². The average molecular weight is 229 g/mol. The van der Waals surface area contributed by atoms with Crippen LogP contribution in [0.5, 0.6) is 0 Å². The first kappa shape index (κ1) is 11.0. The summed E-state index contributed by atoms with van der Waals surface area (Å²) in [5.41, 5.74) is 1.18. The lowest BCUT2D eigenvalue weighted by atomic mass is 9.89. The molecule has 0 radical (unpaired) electrons. The maximum atomic E-state index is 12.7. The zero-order valence-corrected chi connectivity index (χ0v) is 8.56. The number of rotatable bonds is 0. The molecule has 0 fully saturated rings. The topological polar surface area (TPSA) is 29.1 Å². The second-order valence-electron chi connectivity index (χ2n) is 3.94. The van der Waals surface area contributed by atoms with Gasteiger partial charge >= 0.3 is 6.18 Å². The van der Waals surface area contributed by atoms with Crippen molar-refractivity contribution in [3.05, 3.63) is 29.3 Å². The van der Waals surface area contributed by atoms with Crippen LogP contribution >= 0.6 is 0 Å². The Bertz CT molecular complexity index is 439. The van der Waals surface area contributed by atoms with Gasteiger partial charge in [-0.2, -0.15) is 13.2 Å². The van der Waals surface area contributed by atoms with Gasteiger partial charge in [0.25, 0.3) is 0 Å². The molecule has 1 unspecified atom stereocenters. The predicted octanol–water partition coefficient (Wildman–Crippen LogP) is 2.98. The van der Waals surface area contributed by atoms with Gasteiger partial charge in [0.1, 0.15) is 0 Å². The first-order valence-corrected chi connectivity index (χ1v) is 4.85. The molecule has 1 aromatic carbocycles. The summed E-state index contributed by atoms with van der Waals surface area (Å²) in [6, 6.07) is 4.67. The smallest absolute Gasteiger partial charge is 0.326 e. The average Bonchev–Trinajstić information content (AvgIpc) is 2.16. The van der Waals surface area contributed by atoms with Crippen molar-refractivity contribution in [2.24, 2.45) is 0 Å². The number of halogens is 3. The summed E-state index contributed by atoms with van der Waals surface area (Å²) >= 11 is 0. The SMILES string of the molecule is Cc1ccc2c(c1)C(C(F)(F)F)CC(=O)N2. The van der Waals surface area contributed by atoms with E-state index in [1.807, 2.05) is 0 Å². The molecule has 0 saturated carbocycles. The molecule has 0 saturated heterocycles. The van der Waals surface area contributed by atoms with E-state index in [1.54, 1.807) is 13.0 Å². The molecule has 0 aromatic heterocycles. The summed E-state index contributed by atoms with van der Waals surface area (Å²) < 4.78 is 38.2. The maximum Gasteiger partial charge on any atom is 0.396 e. The lowest BCUT2D eigenvalue weighted by Gasteiger charge is -2.27. The molecular formula is C11H10F3NO. The predicted molar refractivity (Wildman–Crippen MR) is 53.2 cm³/mol. The third-order valence-electron chi connectivity index (χ3n) is 2.64. The Kier molecular flexibility index (Phi) is 2.40. The highest BCUT2D eigenvalue weighted by Crippen LogP contribution is 2.43. The van der Waals surface area contributed by atoms with E-state index >= 15 is 0 Å². The quantitative estimate of drug-likeness (QED) is 0.728. The number of carbonyl (C=O) groups excluding carboxylic acids is 1. The van der Waals surface area contributed by atoms with Crippen LogP contribution in [-0.2, 0) is 4.79 Å². The third kappa shape index (κ3) is 1.89. The number of hydrogen-bond acceptors (Lipinski definition) is 1. The van der Waals surface area contributed by atoms with Crippen LogP contribution in [0.4, 0.5) is 18.9 Å². The van der Waals surface area contributed by atoms with Gasteiger partial charge in [-0.05, 0) is 18.6 Å². The third-order valence-corrected chi connectivity index (χ3v) is 2.64. The minimum absolute atomic E-state index is 0.159. The Morgan fingerprint density at radius 3 is 2.69 bits per heavy atom. The molecule has 0 spiro atoms. The molecule has 16 heavy (non-hydrogen) atoms. The number of benzene rings is 1. The van der Waals surface area contributed by atoms with Gasteiger partial charge in [0, 0.05) is 12.1 Å². The van der Waals surface area contributed by atoms with Crippen LogP contribution in [0.2, 0.25) is 0 Å². The van der Waals surface area contributed by atoms with Crippen LogP contribution in [0, 0.1) is 6.92 Å². The van der Waals surface area contributed by atoms with Crippen molar-refractivity contribution in [3.63, 3.8) is 0 Å². The summed E-state index contributed by atoms with van der Waals surface area (Å²) in [6.45, 7) is 1.73. The number of fused-ring (bicyclic) bond motifs is 1. The number of aryl methyl sites for hydroxylation is 1. The minimum Gasteiger partial charge on any atom is -0.326 e. The molecule has 5 heteroatoms. The molecule has 0 aliphatic carbocycles. The molecule has 2 nitrogen and oxygen atoms in total. The second-order valence-corrected chi connectivity index (χ2v) is 3.94. The molecular weight excluding hydrogens is 219 g/mol. The van der Waals surface area contributed by atoms with Gasteiger partial charge in [-0.3, -0.25) is 4.79 Å². The van der Waals surface area contributed by atoms with Gasteiger partial charge in [0.2, 0.25) is 5.91 Å². The van der Waals surface area contributed by atoms with E-state index in [0.29, 0.717) is 0 Å². The fraction of sp³-hybridized carbons (Fsp3) is 0.364. The van der Waals surface area contributed by atoms with Crippen LogP contribution < -0.4 is 5.32 Å². The highest BCUT2D eigenvalue weighted by atomic mass is 19.4. The Morgan fingerprint density at radius 1 is 1.38 bits per heavy atom. The van der Waals surface area contributed by atoms with Crippen LogP contribution in [0.15, 0.2) is 18.2 Å². The van der Waals surface area contributed by atoms with E-state index in [9.17, 15) is 18.0 Å². The molecule has 1 aliphatic heterocycles. The Hall–Kier alpha value is -1.52. The van der Waals surface area contributed by atoms with E-state index < -0.39 is 24.4 Å². The molecule has 1 aromatic rings. The zero-order chi connectivity index (χ0) is 11.9. The van der Waals surface area contributed by atoms with Crippen LogP contribution in [-0.4, -0.2) is 12.1 Å². The molecule has 1 atom stereocenters. The standard InChI is InChI=1S/C11H10F3NO/c1-6-2-3-9-7(4-6)8(11(12,13)14)5-10(16)15-9/h2-4,8H,5H2,1H3,(H,15,16). The maximum absolute atomic E-state index is 12.7. The summed E-state index contributed by atoms with van der Waals surface area (Å²) in [5.74, 6) is -2.27. The van der Waals surface area contributed by atoms with Crippen LogP contribution in [0.1, 0.15) is 23.5 Å². The Morgan fingerprint density at radius 2 is 2.06 bits per heavy atom. The van der Waals surface area contributed by atoms with Crippen molar-refractivity contribution < 1.29 is 18.0 Å². The number of nitrogens with one attached hydrogen (secondary N) is 1. The van der Waals surface area contributed by atoms with Crippen LogP contribution in [0.3, 0.4) is 0 Å². The molecule has 0 bridgehead atoms. The Balaban J connectivity index is 2.52. The molecule has 1 N–H and O–H groups in total. The molecule has 1 aliphatic rings. The lowest BCUT2D eigenvalue weighted by molar-refractivity contribution is -0.156. The molecule has 86 valence electrons. The van der Waals surface area contributed by atoms with Gasteiger partial charge in [-0.15, -0.1) is 0 Å². The van der Waals surface area contributed by atoms with Gasteiger partial charge in [-0.1, -0.05) is 17.7 Å². The van der Waals surface area contributed by atoms with Crippen molar-refractivity contribution in [3.8, 4) is 0 Å². The van der Waals surface area contributed by atoms with Gasteiger partial charge in [0.15, 0.2) is 0 Å². The number of hydrogen-bond donors (Lipinski definition) is 1. The van der Waals surface area contributed by atoms with E-state index in [0.717, 1.165) is 5.56 Å². The number of carbonyl (C=O) groups is 1. The van der Waals surface area contributed by atoms with E-state index in [4.69, 9.17) is 0 Å². The fourth-order valence-electron chi connectivity index (χ4n) is 1.87. The molecule has 1 amide bonds. The zero-order valence-electron chi connectivity index (χ0n) is 8.56. The van der Waals surface area contributed by atoms with Crippen molar-refractivity contribution in [1.82, 2.24) is 0 Å². The summed E-state index contributed by atoms with van der Waals surface area (Å²) in [6.07, 6.45) is -4.90. The molecule has 2 rings (SSSR count). The van der Waals surface area contributed by atoms with Crippen molar-refractivity contribution >= 4 is 11.6 Å². The second kappa shape index (κ2) is 3.50. The highest BCUT2D eigenvalue weighted by molar-refractivity contribution is 5.94. The van der Waals surface area contributed by atoms with E-state index in [1.165, 1.54) is 12.1 Å². The fourth-order valence-corrected chi connectivity index (χ4v) is 1.87. The normalized spacial score (nSPS) is 20.2. The van der Waals surface area contributed by atoms with Crippen molar-refractivity contribution in [1.29, 1.82) is 0 Å². The highest BCUT2D eigenvalue weighted by Gasteiger charge is 2.45. The minimum atomic E-state index is -4.37. The monoisotopic (exact) mass is 229 g/mol. The largest absolute Gasteiger partial charge is 0.396 e. The van der Waals surface area contributed by atoms with E-state index in [2.05, 4.69) is 5.32 Å². The Labute approximate surface area is 90.5 Å². The van der Waals surface area contributed by atoms with Crippen molar-refractivity contribution in [2.45, 2.75) is 25.4 Å². The summed E-state index contributed by atoms with van der Waals surface area (Å²) in [7, 11) is 0. The lowest BCUT2D eigenvalue weighted by Crippen LogP contribution is -2.31.